The number of hydrogen-bond donors (Lipinski definition) is 2. The molecule has 2 aliphatic heterocycles. The van der Waals surface area contributed by atoms with Gasteiger partial charge in [0.2, 0.25) is 16.8 Å². The molecule has 0 bridgehead atoms. The van der Waals surface area contributed by atoms with E-state index in [2.05, 4.69) is 38.6 Å². The van der Waals surface area contributed by atoms with Gasteiger partial charge in [-0.2, -0.15) is 0 Å². The molecule has 6 rings (SSSR count). The molecule has 2 aromatic rings. The van der Waals surface area contributed by atoms with Crippen molar-refractivity contribution in [2.24, 2.45) is 5.92 Å². The van der Waals surface area contributed by atoms with Crippen LogP contribution in [-0.4, -0.2) is 70.7 Å². The van der Waals surface area contributed by atoms with E-state index >= 15 is 0 Å². The lowest BCUT2D eigenvalue weighted by molar-refractivity contribution is -0.156. The highest BCUT2D eigenvalue weighted by Crippen LogP contribution is 2.55. The second-order valence-corrected chi connectivity index (χ2v) is 20.5. The lowest BCUT2D eigenvalue weighted by Gasteiger charge is -2.53. The molecule has 2 aliphatic carbocycles. The Hall–Kier alpha value is -2.32. The second kappa shape index (κ2) is 10.1. The summed E-state index contributed by atoms with van der Waals surface area (Å²) in [5.41, 5.74) is 1.74. The Morgan fingerprint density at radius 2 is 1.63 bits per heavy atom. The van der Waals surface area contributed by atoms with Gasteiger partial charge in [0.25, 0.3) is 0 Å². The number of nitrogens with one attached hydrogen (secondary N) is 1. The first-order chi connectivity index (χ1) is 19.9. The van der Waals surface area contributed by atoms with Crippen molar-refractivity contribution < 1.29 is 41.7 Å². The van der Waals surface area contributed by atoms with Gasteiger partial charge in [-0.15, -0.1) is 0 Å². The maximum atomic E-state index is 13.9. The first-order valence-electron chi connectivity index (χ1n) is 14.7. The molecule has 2 N–H and O–H groups in total. The fraction of sp³-hybridized carbons (Fsp3) is 0.581. The van der Waals surface area contributed by atoms with Crippen molar-refractivity contribution in [3.05, 3.63) is 53.1 Å². The Bertz CT molecular complexity index is 1550. The fourth-order valence-corrected chi connectivity index (χ4v) is 9.14. The number of Topliss-reactive ketones (excluding diaryl/α,β-unsaturated/α-hetero) is 1. The van der Waals surface area contributed by atoms with Crippen molar-refractivity contribution in [1.29, 1.82) is 0 Å². The summed E-state index contributed by atoms with van der Waals surface area (Å²) in [6.07, 6.45) is -3.78. The first-order valence-corrected chi connectivity index (χ1v) is 19.1. The molecule has 10 nitrogen and oxygen atoms in total. The third-order valence-corrected chi connectivity index (χ3v) is 15.6. The van der Waals surface area contributed by atoms with E-state index in [9.17, 15) is 18.3 Å². The number of sulfonamides is 1. The normalized spacial score (nSPS) is 31.4. The van der Waals surface area contributed by atoms with Crippen LogP contribution in [0, 0.1) is 12.8 Å². The van der Waals surface area contributed by atoms with Gasteiger partial charge in [-0.25, -0.2) is 13.1 Å². The number of aliphatic hydroxyl groups excluding tert-OH is 1. The van der Waals surface area contributed by atoms with Gasteiger partial charge >= 0.3 is 0 Å². The zero-order valence-electron chi connectivity index (χ0n) is 25.8. The molecule has 2 fully saturated rings. The van der Waals surface area contributed by atoms with Crippen LogP contribution in [0.3, 0.4) is 0 Å². The van der Waals surface area contributed by atoms with E-state index in [-0.39, 0.29) is 22.3 Å². The van der Waals surface area contributed by atoms with Crippen molar-refractivity contribution in [2.75, 3.05) is 6.79 Å². The standard InChI is InChI=1S/C31H41NO9SSi/c1-16-9-11-17(12-10-16)42(35,36)32-24-22-18-13-20-21(38-15-37-20)14-19(18)25(33)26(34)23(22)27(41-43(7,8)30(2,3)4)29-28(24)39-31(5,6)40-29/h9-14,22-24,26-29,32,34H,15H2,1-8H3/t22-,23-,24+,26?,27-,28-,29+/m0/s1. The molecule has 2 heterocycles. The summed E-state index contributed by atoms with van der Waals surface area (Å²) in [5.74, 6) is -2.24. The molecule has 7 atom stereocenters. The lowest BCUT2D eigenvalue weighted by atomic mass is 9.61. The highest BCUT2D eigenvalue weighted by molar-refractivity contribution is 7.89. The van der Waals surface area contributed by atoms with Crippen molar-refractivity contribution in [1.82, 2.24) is 4.72 Å². The van der Waals surface area contributed by atoms with Crippen molar-refractivity contribution in [3.63, 3.8) is 0 Å². The number of fused-ring (bicyclic) bond motifs is 5. The fourth-order valence-electron chi connectivity index (χ4n) is 6.54. The Balaban J connectivity index is 1.54. The molecule has 0 aromatic heterocycles. The molecule has 1 saturated carbocycles. The van der Waals surface area contributed by atoms with Gasteiger partial charge in [0.1, 0.15) is 18.3 Å². The third-order valence-electron chi connectivity index (χ3n) is 9.68. The minimum atomic E-state index is -4.06. The minimum absolute atomic E-state index is 0.000501. The van der Waals surface area contributed by atoms with Gasteiger partial charge in [-0.05, 0) is 68.7 Å². The number of ether oxygens (including phenoxy) is 4. The van der Waals surface area contributed by atoms with Crippen LogP contribution in [0.2, 0.25) is 18.1 Å². The van der Waals surface area contributed by atoms with E-state index in [0.717, 1.165) is 5.56 Å². The number of carbonyl (C=O) groups is 1. The Morgan fingerprint density at radius 1 is 1.02 bits per heavy atom. The number of benzene rings is 2. The average Bonchev–Trinajstić information content (AvgIpc) is 3.49. The number of rotatable bonds is 5. The molecule has 2 aromatic carbocycles. The van der Waals surface area contributed by atoms with E-state index in [1.54, 1.807) is 50.2 Å². The number of aryl methyl sites for hydroxylation is 1. The summed E-state index contributed by atoms with van der Waals surface area (Å²) < 4.78 is 61.9. The van der Waals surface area contributed by atoms with Crippen LogP contribution in [0.4, 0.5) is 0 Å². The largest absolute Gasteiger partial charge is 0.454 e. The lowest BCUT2D eigenvalue weighted by Crippen LogP contribution is -2.67. The molecule has 0 radical (unpaired) electrons. The zero-order valence-corrected chi connectivity index (χ0v) is 27.7. The van der Waals surface area contributed by atoms with E-state index in [4.69, 9.17) is 23.4 Å². The SMILES string of the molecule is Cc1ccc(S(=O)(=O)N[C@H]2[C@@H]3OC(C)(C)O[C@@H]3[C@@H](O[Si](C)(C)C(C)(C)C)[C@@H]3C(O)C(=O)c4cc5c(cc4[C@H]23)OCO5)cc1. The van der Waals surface area contributed by atoms with Gasteiger partial charge < -0.3 is 28.5 Å². The molecule has 12 heteroatoms. The van der Waals surface area contributed by atoms with Crippen LogP contribution in [0.5, 0.6) is 11.5 Å². The summed E-state index contributed by atoms with van der Waals surface area (Å²) in [6.45, 7) is 16.0. The number of ketones is 1. The predicted molar refractivity (Wildman–Crippen MR) is 160 cm³/mol. The van der Waals surface area contributed by atoms with Crippen molar-refractivity contribution in [2.45, 2.75) is 107 Å². The van der Waals surface area contributed by atoms with E-state index in [1.807, 2.05) is 6.92 Å². The summed E-state index contributed by atoms with van der Waals surface area (Å²) in [6, 6.07) is 8.99. The van der Waals surface area contributed by atoms with E-state index in [1.165, 1.54) is 0 Å². The Labute approximate surface area is 254 Å². The third kappa shape index (κ3) is 5.14. The number of hydrogen-bond acceptors (Lipinski definition) is 9. The van der Waals surface area contributed by atoms with E-state index < -0.39 is 72.2 Å². The smallest absolute Gasteiger partial charge is 0.240 e. The molecular formula is C31H41NO9SSi. The topological polar surface area (TPSA) is 130 Å². The maximum Gasteiger partial charge on any atom is 0.240 e. The predicted octanol–water partition coefficient (Wildman–Crippen LogP) is 4.25. The molecular weight excluding hydrogens is 590 g/mol. The van der Waals surface area contributed by atoms with Crippen LogP contribution >= 0.6 is 0 Å². The zero-order chi connectivity index (χ0) is 31.3. The summed E-state index contributed by atoms with van der Waals surface area (Å²) in [7, 11) is -6.57. The quantitative estimate of drug-likeness (QED) is 0.465. The Kier molecular flexibility index (Phi) is 7.21. The minimum Gasteiger partial charge on any atom is -0.454 e. The van der Waals surface area contributed by atoms with Crippen LogP contribution in [0.15, 0.2) is 41.3 Å². The second-order valence-electron chi connectivity index (χ2n) is 14.1. The molecule has 4 aliphatic rings. The number of aliphatic hydroxyl groups is 1. The van der Waals surface area contributed by atoms with Crippen molar-refractivity contribution in [3.8, 4) is 11.5 Å². The summed E-state index contributed by atoms with van der Waals surface area (Å²) in [5, 5.41) is 11.6. The van der Waals surface area contributed by atoms with Crippen LogP contribution in [0.25, 0.3) is 0 Å². The molecule has 1 unspecified atom stereocenters. The monoisotopic (exact) mass is 631 g/mol. The Morgan fingerprint density at radius 3 is 2.26 bits per heavy atom. The first kappa shape index (κ1) is 30.7. The van der Waals surface area contributed by atoms with Gasteiger partial charge in [-0.1, -0.05) is 38.5 Å². The summed E-state index contributed by atoms with van der Waals surface area (Å²) in [4.78, 5) is 13.9. The summed E-state index contributed by atoms with van der Waals surface area (Å²) >= 11 is 0. The van der Waals surface area contributed by atoms with E-state index in [0.29, 0.717) is 17.1 Å². The van der Waals surface area contributed by atoms with Crippen LogP contribution in [0.1, 0.15) is 62.0 Å². The molecule has 1 saturated heterocycles. The molecule has 0 amide bonds. The maximum absolute atomic E-state index is 13.9. The van der Waals surface area contributed by atoms with Crippen LogP contribution in [-0.2, 0) is 23.9 Å². The van der Waals surface area contributed by atoms with Crippen molar-refractivity contribution >= 4 is 24.1 Å². The average molecular weight is 632 g/mol. The number of carbonyl (C=O) groups excluding carboxylic acids is 1. The van der Waals surface area contributed by atoms with Crippen LogP contribution < -0.4 is 14.2 Å². The van der Waals surface area contributed by atoms with Gasteiger partial charge in [0.15, 0.2) is 31.4 Å². The molecule has 0 spiro atoms. The molecule has 234 valence electrons. The molecule has 43 heavy (non-hydrogen) atoms. The van der Waals surface area contributed by atoms with Gasteiger partial charge in [0.05, 0.1) is 17.0 Å². The highest BCUT2D eigenvalue weighted by atomic mass is 32.2. The highest BCUT2D eigenvalue weighted by Gasteiger charge is 2.64. The van der Waals surface area contributed by atoms with Gasteiger partial charge in [0, 0.05) is 17.4 Å². The van der Waals surface area contributed by atoms with Gasteiger partial charge in [-0.3, -0.25) is 4.79 Å².